The Hall–Kier alpha value is -1.77. The molecular formula is C23H28O3Se. The monoisotopic (exact) mass is 432 g/mol. The van der Waals surface area contributed by atoms with E-state index in [4.69, 9.17) is 0 Å². The Bertz CT molecular complexity index is 897. The number of phenols is 1. The molecule has 0 amide bonds. The molecule has 27 heavy (non-hydrogen) atoms. The Labute approximate surface area is 168 Å². The van der Waals surface area contributed by atoms with Crippen molar-refractivity contribution in [1.29, 1.82) is 0 Å². The van der Waals surface area contributed by atoms with Gasteiger partial charge in [-0.15, -0.1) is 0 Å². The number of aromatic hydroxyl groups is 1. The molecular weight excluding hydrogens is 403 g/mol. The summed E-state index contributed by atoms with van der Waals surface area (Å²) in [5.41, 5.74) is 3.99. The first kappa shape index (κ1) is 20.0. The number of aromatic carboxylic acids is 1. The zero-order valence-electron chi connectivity index (χ0n) is 16.7. The Morgan fingerprint density at radius 2 is 1.63 bits per heavy atom. The van der Waals surface area contributed by atoms with Crippen LogP contribution in [0.25, 0.3) is 0 Å². The number of phenolic OH excluding ortho intramolecular Hbond substituents is 1. The third-order valence-corrected chi connectivity index (χ3v) is 8.02. The van der Waals surface area contributed by atoms with E-state index >= 15 is 0 Å². The van der Waals surface area contributed by atoms with Crippen LogP contribution >= 0.6 is 0 Å². The van der Waals surface area contributed by atoms with Gasteiger partial charge in [0.05, 0.1) is 0 Å². The number of hydrogen-bond acceptors (Lipinski definition) is 2. The molecule has 2 N–H and O–H groups in total. The molecule has 4 heteroatoms. The topological polar surface area (TPSA) is 57.5 Å². The van der Waals surface area contributed by atoms with Crippen LogP contribution in [0.4, 0.5) is 0 Å². The quantitative estimate of drug-likeness (QED) is 0.727. The molecule has 0 saturated heterocycles. The van der Waals surface area contributed by atoms with Crippen LogP contribution in [-0.4, -0.2) is 31.1 Å². The summed E-state index contributed by atoms with van der Waals surface area (Å²) in [5, 5.41) is 20.0. The van der Waals surface area contributed by atoms with E-state index in [1.165, 1.54) is 11.1 Å². The summed E-state index contributed by atoms with van der Waals surface area (Å²) in [4.78, 5) is 11.4. The second-order valence-electron chi connectivity index (χ2n) is 8.71. The van der Waals surface area contributed by atoms with Crippen LogP contribution in [0.3, 0.4) is 0 Å². The average molecular weight is 431 g/mol. The minimum absolute atomic E-state index is 0.0717. The van der Waals surface area contributed by atoms with Gasteiger partial charge in [0.25, 0.3) is 0 Å². The summed E-state index contributed by atoms with van der Waals surface area (Å²) in [6.07, 6.45) is 2.94. The first-order valence-electron chi connectivity index (χ1n) is 9.47. The van der Waals surface area contributed by atoms with E-state index in [9.17, 15) is 15.0 Å². The van der Waals surface area contributed by atoms with Gasteiger partial charge < -0.3 is 0 Å². The molecule has 0 bridgehead atoms. The van der Waals surface area contributed by atoms with Crippen LogP contribution < -0.4 is 8.92 Å². The molecule has 0 heterocycles. The second-order valence-corrected chi connectivity index (χ2v) is 11.1. The molecule has 0 spiro atoms. The van der Waals surface area contributed by atoms with Crippen molar-refractivity contribution in [2.24, 2.45) is 0 Å². The summed E-state index contributed by atoms with van der Waals surface area (Å²) in [6.45, 7) is 11.0. The number of hydrogen-bond donors (Lipinski definition) is 2. The van der Waals surface area contributed by atoms with Crippen LogP contribution in [0.15, 0.2) is 30.3 Å². The van der Waals surface area contributed by atoms with E-state index < -0.39 is 5.97 Å². The molecule has 0 aromatic heterocycles. The van der Waals surface area contributed by atoms with Crippen molar-refractivity contribution in [3.8, 4) is 5.75 Å². The first-order valence-corrected chi connectivity index (χ1v) is 11.2. The van der Waals surface area contributed by atoms with Crippen LogP contribution in [0.1, 0.15) is 74.5 Å². The van der Waals surface area contributed by atoms with Gasteiger partial charge in [-0.2, -0.15) is 0 Å². The number of carbonyl (C=O) groups is 1. The molecule has 2 aromatic carbocycles. The van der Waals surface area contributed by atoms with Crippen molar-refractivity contribution in [3.63, 3.8) is 0 Å². The van der Waals surface area contributed by atoms with Gasteiger partial charge >= 0.3 is 168 Å². The number of fused-ring (bicyclic) bond motifs is 1. The van der Waals surface area contributed by atoms with E-state index in [-0.39, 0.29) is 25.8 Å². The van der Waals surface area contributed by atoms with Gasteiger partial charge in [0.1, 0.15) is 0 Å². The van der Waals surface area contributed by atoms with Crippen LogP contribution in [0.2, 0.25) is 0 Å². The molecule has 0 atom stereocenters. The molecule has 0 fully saturated rings. The number of rotatable bonds is 4. The molecule has 1 aliphatic carbocycles. The molecule has 3 nitrogen and oxygen atoms in total. The fourth-order valence-electron chi connectivity index (χ4n) is 3.93. The maximum atomic E-state index is 11.4. The van der Waals surface area contributed by atoms with Gasteiger partial charge in [-0.3, -0.25) is 0 Å². The third kappa shape index (κ3) is 3.79. The predicted molar refractivity (Wildman–Crippen MR) is 111 cm³/mol. The van der Waals surface area contributed by atoms with Crippen molar-refractivity contribution in [3.05, 3.63) is 52.6 Å². The number of carboxylic acid groups (broad SMARTS) is 1. The normalized spacial score (nSPS) is 17.4. The van der Waals surface area contributed by atoms with Gasteiger partial charge in [-0.05, 0) is 0 Å². The fraction of sp³-hybridized carbons (Fsp3) is 0.435. The zero-order valence-corrected chi connectivity index (χ0v) is 18.4. The van der Waals surface area contributed by atoms with Crippen LogP contribution in [-0.2, 0) is 17.3 Å². The van der Waals surface area contributed by atoms with Gasteiger partial charge in [-0.25, -0.2) is 0 Å². The van der Waals surface area contributed by atoms with Gasteiger partial charge in [-0.1, -0.05) is 0 Å². The van der Waals surface area contributed by atoms with Crippen molar-refractivity contribution in [2.45, 2.75) is 64.7 Å². The standard InChI is InChI=1S/C23H28O3Se/c1-6-14-11-15(7-8-16(14)21(25)26)27-20-13-18-17(12-19(20)24)22(2,3)9-10-23(18,4)5/h7-8,11-13,24H,6,9-10H2,1-5H3,(H,25,26). The van der Waals surface area contributed by atoms with Crippen LogP contribution in [0.5, 0.6) is 5.75 Å². The first-order chi connectivity index (χ1) is 12.5. The van der Waals surface area contributed by atoms with Crippen molar-refractivity contribution in [1.82, 2.24) is 0 Å². The summed E-state index contributed by atoms with van der Waals surface area (Å²) in [6, 6.07) is 9.73. The number of aryl methyl sites for hydroxylation is 1. The fourth-order valence-corrected chi connectivity index (χ4v) is 5.88. The summed E-state index contributed by atoms with van der Waals surface area (Å²) < 4.78 is 2.06. The number of benzene rings is 2. The molecule has 0 saturated carbocycles. The van der Waals surface area contributed by atoms with Gasteiger partial charge in [0.2, 0.25) is 0 Å². The minimum atomic E-state index is -0.883. The summed E-state index contributed by atoms with van der Waals surface area (Å²) in [5.74, 6) is -0.522. The van der Waals surface area contributed by atoms with E-state index in [0.717, 1.165) is 27.3 Å². The summed E-state index contributed by atoms with van der Waals surface area (Å²) >= 11 is -0.0717. The SMILES string of the molecule is CCc1cc([Se]c2cc3c(cc2O)C(C)(C)CCC3(C)C)ccc1C(=O)O. The molecule has 3 rings (SSSR count). The third-order valence-electron chi connectivity index (χ3n) is 5.85. The Balaban J connectivity index is 2.03. The second kappa shape index (κ2) is 7.00. The Kier molecular flexibility index (Phi) is 5.18. The molecule has 0 aliphatic heterocycles. The molecule has 0 radical (unpaired) electrons. The van der Waals surface area contributed by atoms with Gasteiger partial charge in [0.15, 0.2) is 0 Å². The van der Waals surface area contributed by atoms with Crippen molar-refractivity contribution in [2.75, 3.05) is 0 Å². The number of carboxylic acids is 1. The Morgan fingerprint density at radius 1 is 1.04 bits per heavy atom. The zero-order chi connectivity index (χ0) is 20.0. The van der Waals surface area contributed by atoms with E-state index in [1.807, 2.05) is 25.1 Å². The molecule has 0 unspecified atom stereocenters. The van der Waals surface area contributed by atoms with E-state index in [0.29, 0.717) is 17.7 Å². The Morgan fingerprint density at radius 3 is 2.19 bits per heavy atom. The molecule has 1 aliphatic rings. The molecule has 2 aromatic rings. The van der Waals surface area contributed by atoms with E-state index in [2.05, 4.69) is 33.8 Å². The van der Waals surface area contributed by atoms with Crippen molar-refractivity contribution < 1.29 is 15.0 Å². The predicted octanol–water partition coefficient (Wildman–Crippen LogP) is 3.66. The molecule has 144 valence electrons. The van der Waals surface area contributed by atoms with E-state index in [1.54, 1.807) is 6.07 Å². The summed E-state index contributed by atoms with van der Waals surface area (Å²) in [7, 11) is 0. The average Bonchev–Trinajstić information content (AvgIpc) is 2.60. The van der Waals surface area contributed by atoms with Gasteiger partial charge in [0, 0.05) is 0 Å². The van der Waals surface area contributed by atoms with Crippen molar-refractivity contribution >= 4 is 29.8 Å². The van der Waals surface area contributed by atoms with Crippen LogP contribution in [0, 0.1) is 0 Å². The maximum absolute atomic E-state index is 11.4.